The zero-order valence-corrected chi connectivity index (χ0v) is 30.6. The van der Waals surface area contributed by atoms with E-state index in [0.717, 1.165) is 4.90 Å². The number of para-hydroxylation sites is 1. The summed E-state index contributed by atoms with van der Waals surface area (Å²) in [6, 6.07) is 26.6. The third-order valence-corrected chi connectivity index (χ3v) is 10.5. The molecule has 4 aromatic carbocycles. The van der Waals surface area contributed by atoms with E-state index in [1.807, 2.05) is 65.6 Å². The van der Waals surface area contributed by atoms with Gasteiger partial charge in [-0.3, -0.25) is 19.3 Å². The number of primary amides is 1. The summed E-state index contributed by atoms with van der Waals surface area (Å²) >= 11 is 0. The molecule has 2 saturated heterocycles. The van der Waals surface area contributed by atoms with Gasteiger partial charge in [0.05, 0.1) is 43.5 Å². The van der Waals surface area contributed by atoms with Gasteiger partial charge in [0, 0.05) is 24.7 Å². The van der Waals surface area contributed by atoms with Gasteiger partial charge in [0.2, 0.25) is 11.8 Å². The van der Waals surface area contributed by atoms with Gasteiger partial charge >= 0.3 is 12.1 Å². The fourth-order valence-electron chi connectivity index (χ4n) is 8.46. The number of cyclic esters (lactones) is 1. The molecule has 0 bridgehead atoms. The van der Waals surface area contributed by atoms with Crippen LogP contribution in [0.3, 0.4) is 0 Å². The van der Waals surface area contributed by atoms with Crippen LogP contribution in [0.4, 0.5) is 10.5 Å². The number of amides is 3. The number of fused-ring (bicyclic) bond motifs is 3. The molecule has 0 aromatic heterocycles. The quantitative estimate of drug-likeness (QED) is 0.115. The van der Waals surface area contributed by atoms with Crippen LogP contribution in [0.5, 0.6) is 5.75 Å². The molecule has 6 atom stereocenters. The van der Waals surface area contributed by atoms with E-state index in [4.69, 9.17) is 24.7 Å². The zero-order valence-electron chi connectivity index (χ0n) is 30.6. The highest BCUT2D eigenvalue weighted by molar-refractivity contribution is 6.23. The van der Waals surface area contributed by atoms with Crippen molar-refractivity contribution in [3.63, 3.8) is 0 Å². The van der Waals surface area contributed by atoms with E-state index < -0.39 is 59.4 Å². The number of hydrogen-bond acceptors (Lipinski definition) is 11. The van der Waals surface area contributed by atoms with Crippen LogP contribution in [0.1, 0.15) is 52.4 Å². The molecule has 3 heterocycles. The maximum atomic E-state index is 15.8. The zero-order chi connectivity index (χ0) is 39.4. The lowest BCUT2D eigenvalue weighted by Crippen LogP contribution is -2.55. The Balaban J connectivity index is 1.58. The summed E-state index contributed by atoms with van der Waals surface area (Å²) in [7, 11) is 1.44. The fraction of sp³-hybridized carbons (Fsp3) is 0.302. The first kappa shape index (κ1) is 38.2. The van der Waals surface area contributed by atoms with Crippen LogP contribution in [0.15, 0.2) is 103 Å². The Bertz CT molecular complexity index is 2170. The van der Waals surface area contributed by atoms with Crippen LogP contribution in [0.2, 0.25) is 0 Å². The molecule has 13 nitrogen and oxygen atoms in total. The lowest BCUT2D eigenvalue weighted by atomic mass is 9.65. The van der Waals surface area contributed by atoms with Crippen molar-refractivity contribution in [3.8, 4) is 17.6 Å². The number of nitrogens with zero attached hydrogens (tertiary/aromatic N) is 2. The number of carbonyl (C=O) groups is 4. The van der Waals surface area contributed by atoms with Crippen LogP contribution >= 0.6 is 0 Å². The van der Waals surface area contributed by atoms with Crippen LogP contribution in [0.25, 0.3) is 0 Å². The summed E-state index contributed by atoms with van der Waals surface area (Å²) in [6.45, 7) is -0.741. The third-order valence-electron chi connectivity index (χ3n) is 10.5. The molecule has 0 saturated carbocycles. The molecule has 0 unspecified atom stereocenters. The number of anilines is 1. The molecule has 3 aliphatic rings. The molecule has 1 spiro atoms. The van der Waals surface area contributed by atoms with Crippen molar-refractivity contribution in [2.75, 3.05) is 45.0 Å². The highest BCUT2D eigenvalue weighted by Gasteiger charge is 2.75. The van der Waals surface area contributed by atoms with Crippen LogP contribution < -0.4 is 15.4 Å². The maximum Gasteiger partial charge on any atom is 0.421 e. The molecule has 56 heavy (non-hydrogen) atoms. The number of benzene rings is 4. The van der Waals surface area contributed by atoms with E-state index in [2.05, 4.69) is 11.8 Å². The molecular formula is C43H41N3O10. The number of aliphatic hydroxyl groups excluding tert-OH is 2. The summed E-state index contributed by atoms with van der Waals surface area (Å²) in [4.78, 5) is 61.6. The molecule has 13 heteroatoms. The number of methoxy groups -OCH3 is 1. The number of hydrogen-bond donors (Lipinski definition) is 3. The van der Waals surface area contributed by atoms with Crippen molar-refractivity contribution in [2.24, 2.45) is 11.7 Å². The first-order valence-electron chi connectivity index (χ1n) is 18.2. The summed E-state index contributed by atoms with van der Waals surface area (Å²) in [5, 5.41) is 19.3. The SMILES string of the molecule is COCCOC(=O)N1C(=O)[C@@]2(c3cc(C#CCCO)ccc31)[C@H](C(N)=O)[C@H]1C(=O)O[C@H](c3ccccc3)[C@H](c3ccccc3)N1[C@@H]2c1ccccc1OCCO. The summed E-state index contributed by atoms with van der Waals surface area (Å²) < 4.78 is 23.1. The monoisotopic (exact) mass is 759 g/mol. The molecule has 3 aliphatic heterocycles. The van der Waals surface area contributed by atoms with Crippen LogP contribution in [0, 0.1) is 17.8 Å². The summed E-state index contributed by atoms with van der Waals surface area (Å²) in [5.41, 5.74) is 6.80. The second-order valence-electron chi connectivity index (χ2n) is 13.5. The van der Waals surface area contributed by atoms with Crippen molar-refractivity contribution in [2.45, 2.75) is 36.1 Å². The van der Waals surface area contributed by atoms with Gasteiger partial charge in [-0.25, -0.2) is 9.69 Å². The van der Waals surface area contributed by atoms with E-state index in [1.165, 1.54) is 7.11 Å². The van der Waals surface area contributed by atoms with Gasteiger partial charge in [0.1, 0.15) is 36.5 Å². The van der Waals surface area contributed by atoms with Crippen molar-refractivity contribution < 1.29 is 48.3 Å². The number of carbonyl (C=O) groups excluding carboxylic acids is 4. The Morgan fingerprint density at radius 1 is 0.857 bits per heavy atom. The topological polar surface area (TPSA) is 178 Å². The Morgan fingerprint density at radius 2 is 1.55 bits per heavy atom. The van der Waals surface area contributed by atoms with E-state index >= 15 is 4.79 Å². The third kappa shape index (κ3) is 6.46. The minimum atomic E-state index is -2.09. The van der Waals surface area contributed by atoms with Crippen LogP contribution in [-0.2, 0) is 34.0 Å². The minimum absolute atomic E-state index is 0.0502. The predicted molar refractivity (Wildman–Crippen MR) is 202 cm³/mol. The van der Waals surface area contributed by atoms with Gasteiger partial charge < -0.3 is 34.9 Å². The molecule has 288 valence electrons. The molecule has 7 rings (SSSR count). The predicted octanol–water partition coefficient (Wildman–Crippen LogP) is 3.73. The van der Waals surface area contributed by atoms with Crippen molar-refractivity contribution >= 4 is 29.6 Å². The molecule has 4 N–H and O–H groups in total. The Hall–Kier alpha value is -6.04. The van der Waals surface area contributed by atoms with E-state index in [9.17, 15) is 24.6 Å². The van der Waals surface area contributed by atoms with E-state index in [-0.39, 0.29) is 56.5 Å². The van der Waals surface area contributed by atoms with Gasteiger partial charge in [-0.1, -0.05) is 90.7 Å². The van der Waals surface area contributed by atoms with Gasteiger partial charge in [-0.05, 0) is 41.0 Å². The van der Waals surface area contributed by atoms with Gasteiger partial charge in [-0.15, -0.1) is 0 Å². The molecule has 3 amide bonds. The molecular weight excluding hydrogens is 718 g/mol. The van der Waals surface area contributed by atoms with Gasteiger partial charge in [0.15, 0.2) is 0 Å². The van der Waals surface area contributed by atoms with Crippen LogP contribution in [-0.4, -0.2) is 85.2 Å². The number of esters is 1. The molecule has 4 aromatic rings. The number of morpholine rings is 1. The lowest BCUT2D eigenvalue weighted by molar-refractivity contribution is -0.178. The number of rotatable bonds is 11. The van der Waals surface area contributed by atoms with Crippen molar-refractivity contribution in [1.82, 2.24) is 4.90 Å². The molecule has 0 aliphatic carbocycles. The maximum absolute atomic E-state index is 15.8. The summed E-state index contributed by atoms with van der Waals surface area (Å²) in [6.07, 6.45) is -1.78. The Morgan fingerprint density at radius 3 is 2.23 bits per heavy atom. The normalized spacial score (nSPS) is 23.8. The Kier molecular flexibility index (Phi) is 11.2. The Labute approximate surface area is 323 Å². The first-order valence-corrected chi connectivity index (χ1v) is 18.2. The minimum Gasteiger partial charge on any atom is -0.491 e. The largest absolute Gasteiger partial charge is 0.491 e. The number of ether oxygens (including phenoxy) is 4. The molecule has 0 radical (unpaired) electrons. The fourth-order valence-corrected chi connectivity index (χ4v) is 8.46. The standard InChI is InChI=1S/C43H41N3O10/c1-53-24-25-55-42(52)45-32-20-19-27(12-10-11-21-47)26-31(32)43(41(45)51)34(39(44)49)36-40(50)56-37(29-15-6-3-7-16-29)35(28-13-4-2-5-14-28)46(36)38(43)30-17-8-9-18-33(30)54-23-22-48/h2-9,13-20,26,34-38,47-48H,11,21-25H2,1H3,(H2,44,49)/t34-,35-,36-,37+,38+,43-/m0/s1. The smallest absolute Gasteiger partial charge is 0.421 e. The second kappa shape index (κ2) is 16.4. The van der Waals surface area contributed by atoms with E-state index in [1.54, 1.807) is 42.5 Å². The highest BCUT2D eigenvalue weighted by Crippen LogP contribution is 2.66. The second-order valence-corrected chi connectivity index (χ2v) is 13.5. The summed E-state index contributed by atoms with van der Waals surface area (Å²) in [5.74, 6) is 1.93. The van der Waals surface area contributed by atoms with Gasteiger partial charge in [-0.2, -0.15) is 0 Å². The highest BCUT2D eigenvalue weighted by atomic mass is 16.6. The number of imide groups is 1. The average Bonchev–Trinajstić information content (AvgIpc) is 3.67. The number of aliphatic hydroxyl groups is 2. The van der Waals surface area contributed by atoms with E-state index in [0.29, 0.717) is 22.3 Å². The lowest BCUT2D eigenvalue weighted by Gasteiger charge is -2.46. The van der Waals surface area contributed by atoms with Crippen molar-refractivity contribution in [3.05, 3.63) is 131 Å². The molecule has 2 fully saturated rings. The first-order chi connectivity index (χ1) is 27.3. The average molecular weight is 760 g/mol. The van der Waals surface area contributed by atoms with Gasteiger partial charge in [0.25, 0.3) is 0 Å². The van der Waals surface area contributed by atoms with Crippen molar-refractivity contribution in [1.29, 1.82) is 0 Å². The number of nitrogens with two attached hydrogens (primary N) is 1.